The Morgan fingerprint density at radius 3 is 2.71 bits per heavy atom. The maximum Gasteiger partial charge on any atom is 0.266 e. The largest absolute Gasteiger partial charge is 0.365 e. The molecule has 0 bridgehead atoms. The van der Waals surface area contributed by atoms with Crippen LogP contribution in [-0.4, -0.2) is 16.8 Å². The zero-order valence-corrected chi connectivity index (χ0v) is 11.7. The topological polar surface area (TPSA) is 85.1 Å². The van der Waals surface area contributed by atoms with Gasteiger partial charge in [0.2, 0.25) is 0 Å². The number of carbonyl (C=O) groups is 2. The molecule has 3 N–H and O–H groups in total. The van der Waals surface area contributed by atoms with E-state index >= 15 is 0 Å². The minimum atomic E-state index is -0.630. The Morgan fingerprint density at radius 2 is 1.95 bits per heavy atom. The Balaban J connectivity index is 1.91. The van der Waals surface area contributed by atoms with Gasteiger partial charge in [-0.1, -0.05) is 18.2 Å². The lowest BCUT2D eigenvalue weighted by molar-refractivity contribution is 0.100. The number of pyridine rings is 1. The Labute approximate surface area is 124 Å². The SMILES string of the molecule is NC(=O)c1cccnc1NC(=O)c1cc2ccccc2s1. The summed E-state index contributed by atoms with van der Waals surface area (Å²) in [7, 11) is 0. The molecule has 0 aliphatic carbocycles. The molecule has 3 rings (SSSR count). The predicted octanol–water partition coefficient (Wildman–Crippen LogP) is 2.65. The van der Waals surface area contributed by atoms with Gasteiger partial charge < -0.3 is 11.1 Å². The summed E-state index contributed by atoms with van der Waals surface area (Å²) in [5, 5.41) is 3.63. The summed E-state index contributed by atoms with van der Waals surface area (Å²) < 4.78 is 1.03. The predicted molar refractivity (Wildman–Crippen MR) is 82.5 cm³/mol. The minimum Gasteiger partial charge on any atom is -0.365 e. The van der Waals surface area contributed by atoms with Crippen molar-refractivity contribution in [2.24, 2.45) is 5.73 Å². The zero-order chi connectivity index (χ0) is 14.8. The molecule has 0 saturated heterocycles. The first-order valence-corrected chi connectivity index (χ1v) is 7.01. The van der Waals surface area contributed by atoms with E-state index in [1.54, 1.807) is 6.07 Å². The molecule has 5 nitrogen and oxygen atoms in total. The summed E-state index contributed by atoms with van der Waals surface area (Å²) in [4.78, 5) is 28.1. The Bertz CT molecular complexity index is 809. The second kappa shape index (κ2) is 5.34. The van der Waals surface area contributed by atoms with Gasteiger partial charge in [-0.25, -0.2) is 4.98 Å². The fraction of sp³-hybridized carbons (Fsp3) is 0. The highest BCUT2D eigenvalue weighted by Gasteiger charge is 2.15. The molecule has 3 aromatic rings. The first-order chi connectivity index (χ1) is 10.1. The number of amides is 2. The van der Waals surface area contributed by atoms with Gasteiger partial charge >= 0.3 is 0 Å². The van der Waals surface area contributed by atoms with Crippen molar-refractivity contribution in [2.75, 3.05) is 5.32 Å². The minimum absolute atomic E-state index is 0.174. The molecule has 0 atom stereocenters. The highest BCUT2D eigenvalue weighted by Crippen LogP contribution is 2.26. The normalized spacial score (nSPS) is 10.5. The number of rotatable bonds is 3. The van der Waals surface area contributed by atoms with Crippen LogP contribution in [-0.2, 0) is 0 Å². The summed E-state index contributed by atoms with van der Waals surface area (Å²) in [5.41, 5.74) is 5.45. The second-order valence-electron chi connectivity index (χ2n) is 4.37. The number of anilines is 1. The average molecular weight is 297 g/mol. The van der Waals surface area contributed by atoms with Crippen molar-refractivity contribution < 1.29 is 9.59 Å². The smallest absolute Gasteiger partial charge is 0.266 e. The molecule has 1 aromatic carbocycles. The number of hydrogen-bond donors (Lipinski definition) is 2. The van der Waals surface area contributed by atoms with Gasteiger partial charge in [-0.05, 0) is 29.7 Å². The molecule has 0 unspecified atom stereocenters. The number of nitrogens with two attached hydrogens (primary N) is 1. The van der Waals surface area contributed by atoms with E-state index in [-0.39, 0.29) is 17.3 Å². The number of primary amides is 1. The highest BCUT2D eigenvalue weighted by molar-refractivity contribution is 7.20. The first-order valence-electron chi connectivity index (χ1n) is 6.20. The van der Waals surface area contributed by atoms with Gasteiger partial charge in [0.1, 0.15) is 5.82 Å². The van der Waals surface area contributed by atoms with Crippen molar-refractivity contribution in [1.29, 1.82) is 0 Å². The van der Waals surface area contributed by atoms with E-state index in [0.717, 1.165) is 10.1 Å². The fourth-order valence-corrected chi connectivity index (χ4v) is 2.92. The number of fused-ring (bicyclic) bond motifs is 1. The molecular formula is C15H11N3O2S. The molecule has 0 fully saturated rings. The molecule has 0 radical (unpaired) electrons. The van der Waals surface area contributed by atoms with Crippen LogP contribution in [0.25, 0.3) is 10.1 Å². The lowest BCUT2D eigenvalue weighted by Gasteiger charge is -2.05. The van der Waals surface area contributed by atoms with E-state index < -0.39 is 5.91 Å². The third kappa shape index (κ3) is 2.61. The molecule has 21 heavy (non-hydrogen) atoms. The molecule has 0 spiro atoms. The number of thiophene rings is 1. The van der Waals surface area contributed by atoms with Crippen LogP contribution < -0.4 is 11.1 Å². The van der Waals surface area contributed by atoms with Crippen LogP contribution in [0, 0.1) is 0 Å². The number of nitrogens with one attached hydrogen (secondary N) is 1. The fourth-order valence-electron chi connectivity index (χ4n) is 1.97. The number of benzene rings is 1. The average Bonchev–Trinajstić information content (AvgIpc) is 2.91. The van der Waals surface area contributed by atoms with Crippen LogP contribution in [0.3, 0.4) is 0 Å². The summed E-state index contributed by atoms with van der Waals surface area (Å²) >= 11 is 1.38. The van der Waals surface area contributed by atoms with Gasteiger partial charge in [0.15, 0.2) is 0 Å². The summed E-state index contributed by atoms with van der Waals surface area (Å²) in [6.07, 6.45) is 1.49. The molecule has 0 aliphatic rings. The van der Waals surface area contributed by atoms with Crippen LogP contribution in [0.2, 0.25) is 0 Å². The Hall–Kier alpha value is -2.73. The number of hydrogen-bond acceptors (Lipinski definition) is 4. The quantitative estimate of drug-likeness (QED) is 0.779. The molecule has 0 aliphatic heterocycles. The maximum atomic E-state index is 12.3. The van der Waals surface area contributed by atoms with Gasteiger partial charge in [0.05, 0.1) is 10.4 Å². The van der Waals surface area contributed by atoms with Gasteiger partial charge in [-0.2, -0.15) is 0 Å². The monoisotopic (exact) mass is 297 g/mol. The van der Waals surface area contributed by atoms with E-state index in [2.05, 4.69) is 10.3 Å². The molecule has 2 aromatic heterocycles. The van der Waals surface area contributed by atoms with Crippen LogP contribution in [0.1, 0.15) is 20.0 Å². The lowest BCUT2D eigenvalue weighted by atomic mass is 10.2. The van der Waals surface area contributed by atoms with E-state index in [9.17, 15) is 9.59 Å². The molecular weight excluding hydrogens is 286 g/mol. The first kappa shape index (κ1) is 13.3. The number of aromatic nitrogens is 1. The van der Waals surface area contributed by atoms with Crippen molar-refractivity contribution in [3.05, 3.63) is 59.1 Å². The van der Waals surface area contributed by atoms with Crippen molar-refractivity contribution in [3.8, 4) is 0 Å². The molecule has 0 saturated carbocycles. The number of nitrogens with zero attached hydrogens (tertiary/aromatic N) is 1. The van der Waals surface area contributed by atoms with Crippen molar-refractivity contribution in [1.82, 2.24) is 4.98 Å². The van der Waals surface area contributed by atoms with Gasteiger partial charge in [0.25, 0.3) is 11.8 Å². The lowest BCUT2D eigenvalue weighted by Crippen LogP contribution is -2.18. The van der Waals surface area contributed by atoms with Crippen molar-refractivity contribution in [3.63, 3.8) is 0 Å². The van der Waals surface area contributed by atoms with E-state index in [4.69, 9.17) is 5.73 Å². The van der Waals surface area contributed by atoms with Crippen LogP contribution in [0.5, 0.6) is 0 Å². The van der Waals surface area contributed by atoms with Crippen LogP contribution >= 0.6 is 11.3 Å². The van der Waals surface area contributed by atoms with Crippen molar-refractivity contribution in [2.45, 2.75) is 0 Å². The highest BCUT2D eigenvalue weighted by atomic mass is 32.1. The maximum absolute atomic E-state index is 12.3. The number of carbonyl (C=O) groups excluding carboxylic acids is 2. The van der Waals surface area contributed by atoms with Gasteiger partial charge in [-0.3, -0.25) is 9.59 Å². The molecule has 6 heteroatoms. The van der Waals surface area contributed by atoms with E-state index in [1.165, 1.54) is 23.6 Å². The van der Waals surface area contributed by atoms with E-state index in [1.807, 2.05) is 30.3 Å². The van der Waals surface area contributed by atoms with Gasteiger partial charge in [0, 0.05) is 10.9 Å². The summed E-state index contributed by atoms with van der Waals surface area (Å²) in [6.45, 7) is 0. The summed E-state index contributed by atoms with van der Waals surface area (Å²) in [5.74, 6) is -0.764. The zero-order valence-electron chi connectivity index (χ0n) is 10.9. The Kier molecular flexibility index (Phi) is 3.37. The second-order valence-corrected chi connectivity index (χ2v) is 5.45. The molecule has 2 amide bonds. The van der Waals surface area contributed by atoms with Crippen LogP contribution in [0.15, 0.2) is 48.7 Å². The summed E-state index contributed by atoms with van der Waals surface area (Å²) in [6, 6.07) is 12.7. The van der Waals surface area contributed by atoms with Gasteiger partial charge in [-0.15, -0.1) is 11.3 Å². The van der Waals surface area contributed by atoms with Crippen LogP contribution in [0.4, 0.5) is 5.82 Å². The standard InChI is InChI=1S/C15H11N3O2S/c16-13(19)10-5-3-7-17-14(10)18-15(20)12-8-9-4-1-2-6-11(9)21-12/h1-8H,(H2,16,19)(H,17,18,20). The molecule has 2 heterocycles. The van der Waals surface area contributed by atoms with Crippen molar-refractivity contribution >= 4 is 39.1 Å². The van der Waals surface area contributed by atoms with E-state index in [0.29, 0.717) is 4.88 Å². The third-order valence-corrected chi connectivity index (χ3v) is 4.07. The Morgan fingerprint density at radius 1 is 1.14 bits per heavy atom. The molecule has 104 valence electrons. The third-order valence-electron chi connectivity index (χ3n) is 2.95.